The van der Waals surface area contributed by atoms with Crippen molar-refractivity contribution in [2.45, 2.75) is 38.5 Å². The number of ether oxygens (including phenoxy) is 1. The van der Waals surface area contributed by atoms with E-state index in [4.69, 9.17) is 10.5 Å². The molecule has 0 unspecified atom stereocenters. The molecule has 2 amide bonds. The van der Waals surface area contributed by atoms with E-state index in [1.807, 2.05) is 37.3 Å². The van der Waals surface area contributed by atoms with Gasteiger partial charge < -0.3 is 26.0 Å². The van der Waals surface area contributed by atoms with Gasteiger partial charge in [-0.1, -0.05) is 36.9 Å². The molecule has 1 aliphatic heterocycles. The Labute approximate surface area is 213 Å². The molecule has 0 saturated carbocycles. The molecule has 4 N–H and O–H groups in total. The van der Waals surface area contributed by atoms with E-state index in [1.165, 1.54) is 24.7 Å². The van der Waals surface area contributed by atoms with E-state index >= 15 is 0 Å². The molecule has 12 heteroatoms. The number of primary amides is 1. The summed E-state index contributed by atoms with van der Waals surface area (Å²) in [5.74, 6) is -0.412. The molecule has 3 heterocycles. The summed E-state index contributed by atoms with van der Waals surface area (Å²) in [6.45, 7) is 6.28. The molecule has 1 saturated heterocycles. The van der Waals surface area contributed by atoms with Crippen molar-refractivity contribution in [3.05, 3.63) is 72.8 Å². The predicted octanol–water partition coefficient (Wildman–Crippen LogP) is 2.68. The van der Waals surface area contributed by atoms with Gasteiger partial charge in [0.1, 0.15) is 12.4 Å². The van der Waals surface area contributed by atoms with Crippen LogP contribution in [0.15, 0.2) is 61.6 Å². The van der Waals surface area contributed by atoms with E-state index < -0.39 is 12.0 Å². The maximum atomic E-state index is 12.4. The van der Waals surface area contributed by atoms with Crippen molar-refractivity contribution in [3.8, 4) is 0 Å². The molecule has 0 spiro atoms. The minimum Gasteiger partial charge on any atom is -0.443 e. The Morgan fingerprint density at radius 3 is 2.76 bits per heavy atom. The first-order valence-corrected chi connectivity index (χ1v) is 11.7. The summed E-state index contributed by atoms with van der Waals surface area (Å²) in [5, 5.41) is 10.3. The van der Waals surface area contributed by atoms with Crippen molar-refractivity contribution in [3.63, 3.8) is 0 Å². The Morgan fingerprint density at radius 1 is 1.24 bits per heavy atom. The number of nitrogens with zero attached hydrogens (tertiary/aromatic N) is 5. The van der Waals surface area contributed by atoms with Crippen LogP contribution in [0.2, 0.25) is 0 Å². The highest BCUT2D eigenvalue weighted by molar-refractivity contribution is 5.96. The Hall–Kier alpha value is -4.74. The first-order valence-electron chi connectivity index (χ1n) is 11.7. The fourth-order valence-corrected chi connectivity index (χ4v) is 4.09. The molecule has 3 aromatic rings. The monoisotopic (exact) mass is 504 g/mol. The fourth-order valence-electron chi connectivity index (χ4n) is 4.09. The summed E-state index contributed by atoms with van der Waals surface area (Å²) in [4.78, 5) is 46.9. The van der Waals surface area contributed by atoms with Gasteiger partial charge >= 0.3 is 6.09 Å². The fraction of sp³-hybridized carbons (Fsp3) is 0.280. The topological polar surface area (TPSA) is 157 Å². The largest absolute Gasteiger partial charge is 0.443 e. The average molecular weight is 505 g/mol. The lowest BCUT2D eigenvalue weighted by Crippen LogP contribution is -2.51. The van der Waals surface area contributed by atoms with Crippen LogP contribution in [0.4, 0.5) is 22.1 Å². The second-order valence-electron chi connectivity index (χ2n) is 8.52. The van der Waals surface area contributed by atoms with Gasteiger partial charge in [0.2, 0.25) is 5.91 Å². The SMILES string of the molecule is C=CC(=O)N1CCC[C@@H](Nc2cnc(C(N)=O)c(Nc3cnn(C(=O)OCc4ccccc4)c3)n2)[C@H]1C. The summed E-state index contributed by atoms with van der Waals surface area (Å²) < 4.78 is 6.30. The number of hydrogen-bond donors (Lipinski definition) is 3. The second kappa shape index (κ2) is 11.3. The van der Waals surface area contributed by atoms with E-state index in [2.05, 4.69) is 32.3 Å². The zero-order chi connectivity index (χ0) is 26.4. The number of carbonyl (C=O) groups excluding carboxylic acids is 3. The number of nitrogens with one attached hydrogen (secondary N) is 2. The van der Waals surface area contributed by atoms with E-state index in [0.29, 0.717) is 18.1 Å². The van der Waals surface area contributed by atoms with Gasteiger partial charge in [0.15, 0.2) is 11.5 Å². The van der Waals surface area contributed by atoms with E-state index in [0.717, 1.165) is 23.1 Å². The molecule has 2 atom stereocenters. The molecule has 12 nitrogen and oxygen atoms in total. The van der Waals surface area contributed by atoms with Crippen LogP contribution in [-0.4, -0.2) is 61.2 Å². The minimum absolute atomic E-state index is 0.0786. The quantitative estimate of drug-likeness (QED) is 0.392. The number of hydrogen-bond acceptors (Lipinski definition) is 9. The number of piperidine rings is 1. The van der Waals surface area contributed by atoms with Gasteiger partial charge in [-0.25, -0.2) is 14.8 Å². The average Bonchev–Trinajstić information content (AvgIpc) is 3.37. The molecule has 0 aliphatic carbocycles. The van der Waals surface area contributed by atoms with E-state index in [1.54, 1.807) is 4.90 Å². The number of aromatic nitrogens is 4. The zero-order valence-corrected chi connectivity index (χ0v) is 20.3. The lowest BCUT2D eigenvalue weighted by atomic mass is 9.97. The molecular weight excluding hydrogens is 476 g/mol. The number of amides is 2. The lowest BCUT2D eigenvalue weighted by molar-refractivity contribution is -0.129. The second-order valence-corrected chi connectivity index (χ2v) is 8.52. The van der Waals surface area contributed by atoms with Gasteiger partial charge in [-0.2, -0.15) is 9.78 Å². The molecule has 192 valence electrons. The lowest BCUT2D eigenvalue weighted by Gasteiger charge is -2.39. The molecule has 1 fully saturated rings. The molecular formula is C25H28N8O4. The van der Waals surface area contributed by atoms with Crippen molar-refractivity contribution >= 4 is 35.2 Å². The first-order chi connectivity index (χ1) is 17.9. The Morgan fingerprint density at radius 2 is 2.03 bits per heavy atom. The smallest absolute Gasteiger partial charge is 0.435 e. The number of rotatable bonds is 8. The molecule has 0 radical (unpaired) electrons. The van der Waals surface area contributed by atoms with Crippen LogP contribution < -0.4 is 16.4 Å². The molecule has 37 heavy (non-hydrogen) atoms. The number of carbonyl (C=O) groups is 3. The normalized spacial score (nSPS) is 17.1. The maximum absolute atomic E-state index is 12.4. The van der Waals surface area contributed by atoms with Crippen molar-refractivity contribution in [1.29, 1.82) is 0 Å². The summed E-state index contributed by atoms with van der Waals surface area (Å²) in [6.07, 6.45) is 6.48. The highest BCUT2D eigenvalue weighted by Gasteiger charge is 2.30. The minimum atomic E-state index is -0.773. The number of likely N-dealkylation sites (tertiary alicyclic amines) is 1. The van der Waals surface area contributed by atoms with E-state index in [-0.39, 0.29) is 36.1 Å². The summed E-state index contributed by atoms with van der Waals surface area (Å²) in [5.41, 5.74) is 6.63. The molecule has 0 bridgehead atoms. The first kappa shape index (κ1) is 25.4. The van der Waals surface area contributed by atoms with E-state index in [9.17, 15) is 14.4 Å². The molecule has 1 aliphatic rings. The van der Waals surface area contributed by atoms with Crippen LogP contribution in [0.3, 0.4) is 0 Å². The Kier molecular flexibility index (Phi) is 7.77. The highest BCUT2D eigenvalue weighted by atomic mass is 16.6. The van der Waals surface area contributed by atoms with Crippen LogP contribution in [0.25, 0.3) is 0 Å². The summed E-state index contributed by atoms with van der Waals surface area (Å²) in [6, 6.07) is 9.08. The van der Waals surface area contributed by atoms with Gasteiger partial charge in [-0.05, 0) is 31.4 Å². The van der Waals surface area contributed by atoms with Gasteiger partial charge in [-0.3, -0.25) is 9.59 Å². The van der Waals surface area contributed by atoms with Crippen molar-refractivity contribution in [2.24, 2.45) is 5.73 Å². The number of anilines is 3. The Balaban J connectivity index is 1.46. The molecule has 4 rings (SSSR count). The van der Waals surface area contributed by atoms with Crippen LogP contribution in [0, 0.1) is 0 Å². The maximum Gasteiger partial charge on any atom is 0.435 e. The van der Waals surface area contributed by atoms with Crippen molar-refractivity contribution in [2.75, 3.05) is 17.2 Å². The predicted molar refractivity (Wildman–Crippen MR) is 136 cm³/mol. The van der Waals surface area contributed by atoms with Crippen LogP contribution in [-0.2, 0) is 16.1 Å². The van der Waals surface area contributed by atoms with Crippen LogP contribution >= 0.6 is 0 Å². The molecule has 1 aromatic carbocycles. The Bertz CT molecular complexity index is 1290. The van der Waals surface area contributed by atoms with Crippen LogP contribution in [0.1, 0.15) is 35.8 Å². The van der Waals surface area contributed by atoms with Gasteiger partial charge in [0, 0.05) is 18.6 Å². The number of benzene rings is 1. The zero-order valence-electron chi connectivity index (χ0n) is 20.3. The van der Waals surface area contributed by atoms with Gasteiger partial charge in [-0.15, -0.1) is 0 Å². The molecule has 2 aromatic heterocycles. The van der Waals surface area contributed by atoms with Crippen molar-refractivity contribution < 1.29 is 19.1 Å². The van der Waals surface area contributed by atoms with Gasteiger partial charge in [0.25, 0.3) is 5.91 Å². The standard InChI is InChI=1S/C25H28N8O4/c1-3-21(34)32-11-7-10-19(16(32)2)30-20-13-27-22(23(26)35)24(31-20)29-18-12-28-33(14-18)25(36)37-15-17-8-5-4-6-9-17/h3-6,8-9,12-14,16,19H,1,7,10-11,15H2,2H3,(H2,26,35)(H2,29,30,31)/t16-,19-/m1/s1. The summed E-state index contributed by atoms with van der Waals surface area (Å²) >= 11 is 0. The third-order valence-corrected chi connectivity index (χ3v) is 6.02. The van der Waals surface area contributed by atoms with Crippen LogP contribution in [0.5, 0.6) is 0 Å². The van der Waals surface area contributed by atoms with Gasteiger partial charge in [0.05, 0.1) is 24.3 Å². The third kappa shape index (κ3) is 6.10. The van der Waals surface area contributed by atoms with Crippen molar-refractivity contribution in [1.82, 2.24) is 24.6 Å². The number of nitrogens with two attached hydrogens (primary N) is 1. The highest BCUT2D eigenvalue weighted by Crippen LogP contribution is 2.24. The summed E-state index contributed by atoms with van der Waals surface area (Å²) in [7, 11) is 0. The third-order valence-electron chi connectivity index (χ3n) is 6.02.